The molecule has 0 spiro atoms. The SMILES string of the molecule is C[C@@H]1CN(C(=O)Nc2nnns2)C[C@H]1C(=O)O. The first kappa shape index (κ1) is 11.7. The van der Waals surface area contributed by atoms with E-state index in [0.29, 0.717) is 11.7 Å². The third-order valence-electron chi connectivity index (χ3n) is 2.73. The predicted molar refractivity (Wildman–Crippen MR) is 58.6 cm³/mol. The van der Waals surface area contributed by atoms with Gasteiger partial charge in [-0.2, -0.15) is 0 Å². The number of likely N-dealkylation sites (tertiary alicyclic amines) is 1. The monoisotopic (exact) mass is 257 g/mol. The molecular weight excluding hydrogens is 246 g/mol. The number of nitrogens with zero attached hydrogens (tertiary/aromatic N) is 4. The topological polar surface area (TPSA) is 108 Å². The van der Waals surface area contributed by atoms with E-state index in [4.69, 9.17) is 5.11 Å². The highest BCUT2D eigenvalue weighted by Gasteiger charge is 2.37. The molecular formula is C8H11N5O3S. The number of anilines is 1. The zero-order chi connectivity index (χ0) is 12.4. The molecule has 2 N–H and O–H groups in total. The number of hydrogen-bond acceptors (Lipinski definition) is 6. The smallest absolute Gasteiger partial charge is 0.323 e. The Hall–Kier alpha value is -1.77. The lowest BCUT2D eigenvalue weighted by atomic mass is 9.99. The van der Waals surface area contributed by atoms with Crippen molar-refractivity contribution in [2.45, 2.75) is 6.92 Å². The number of carbonyl (C=O) groups excluding carboxylic acids is 1. The maximum absolute atomic E-state index is 11.8. The summed E-state index contributed by atoms with van der Waals surface area (Å²) in [5.41, 5.74) is 0. The lowest BCUT2D eigenvalue weighted by Crippen LogP contribution is -2.33. The average Bonchev–Trinajstić information content (AvgIpc) is 2.86. The number of aliphatic carboxylic acids is 1. The number of urea groups is 1. The highest BCUT2D eigenvalue weighted by atomic mass is 32.1. The Morgan fingerprint density at radius 1 is 1.53 bits per heavy atom. The average molecular weight is 257 g/mol. The summed E-state index contributed by atoms with van der Waals surface area (Å²) >= 11 is 0.971. The number of carbonyl (C=O) groups is 2. The van der Waals surface area contributed by atoms with Crippen molar-refractivity contribution in [2.75, 3.05) is 18.4 Å². The zero-order valence-corrected chi connectivity index (χ0v) is 9.85. The summed E-state index contributed by atoms with van der Waals surface area (Å²) in [7, 11) is 0. The Morgan fingerprint density at radius 3 is 2.82 bits per heavy atom. The van der Waals surface area contributed by atoms with E-state index in [1.54, 1.807) is 0 Å². The maximum atomic E-state index is 11.8. The number of hydrogen-bond donors (Lipinski definition) is 2. The molecule has 0 radical (unpaired) electrons. The van der Waals surface area contributed by atoms with E-state index < -0.39 is 11.9 Å². The quantitative estimate of drug-likeness (QED) is 0.778. The molecule has 8 nitrogen and oxygen atoms in total. The lowest BCUT2D eigenvalue weighted by Gasteiger charge is -2.14. The number of nitrogens with one attached hydrogen (secondary N) is 1. The van der Waals surface area contributed by atoms with Gasteiger partial charge in [0.25, 0.3) is 0 Å². The Labute approximate surface area is 101 Å². The fourth-order valence-corrected chi connectivity index (χ4v) is 2.16. The highest BCUT2D eigenvalue weighted by molar-refractivity contribution is 7.09. The minimum atomic E-state index is -0.870. The second kappa shape index (κ2) is 4.62. The van der Waals surface area contributed by atoms with E-state index in [2.05, 4.69) is 20.1 Å². The van der Waals surface area contributed by atoms with E-state index in [-0.39, 0.29) is 18.5 Å². The van der Waals surface area contributed by atoms with Crippen molar-refractivity contribution in [1.82, 2.24) is 19.7 Å². The number of rotatable bonds is 2. The maximum Gasteiger partial charge on any atom is 0.323 e. The molecule has 2 atom stereocenters. The van der Waals surface area contributed by atoms with Crippen molar-refractivity contribution in [2.24, 2.45) is 11.8 Å². The molecule has 2 rings (SSSR count). The third kappa shape index (κ3) is 2.49. The fourth-order valence-electron chi connectivity index (χ4n) is 1.81. The predicted octanol–water partition coefficient (Wildman–Crippen LogP) is 0.117. The summed E-state index contributed by atoms with van der Waals surface area (Å²) in [6.07, 6.45) is 0. The van der Waals surface area contributed by atoms with Gasteiger partial charge in [0.1, 0.15) is 0 Å². The molecule has 2 amide bonds. The van der Waals surface area contributed by atoms with Crippen LogP contribution in [0.3, 0.4) is 0 Å². The van der Waals surface area contributed by atoms with E-state index in [9.17, 15) is 9.59 Å². The van der Waals surface area contributed by atoms with E-state index in [1.807, 2.05) is 6.92 Å². The van der Waals surface area contributed by atoms with Crippen LogP contribution in [-0.2, 0) is 4.79 Å². The van der Waals surface area contributed by atoms with Crippen LogP contribution in [0.5, 0.6) is 0 Å². The highest BCUT2D eigenvalue weighted by Crippen LogP contribution is 2.23. The molecule has 1 aromatic heterocycles. The molecule has 0 aliphatic carbocycles. The normalized spacial score (nSPS) is 23.7. The molecule has 0 aromatic carbocycles. The van der Waals surface area contributed by atoms with Crippen LogP contribution < -0.4 is 5.32 Å². The first-order valence-corrected chi connectivity index (χ1v) is 5.79. The Balaban J connectivity index is 1.96. The first-order chi connectivity index (χ1) is 8.08. The summed E-state index contributed by atoms with van der Waals surface area (Å²) < 4.78 is 3.51. The van der Waals surface area contributed by atoms with Gasteiger partial charge in [0.2, 0.25) is 5.13 Å². The molecule has 2 heterocycles. The van der Waals surface area contributed by atoms with Gasteiger partial charge in [-0.05, 0) is 11.1 Å². The van der Waals surface area contributed by atoms with Crippen molar-refractivity contribution in [3.05, 3.63) is 0 Å². The van der Waals surface area contributed by atoms with Crippen LogP contribution in [0.2, 0.25) is 0 Å². The number of carboxylic acids is 1. The minimum Gasteiger partial charge on any atom is -0.481 e. The van der Waals surface area contributed by atoms with Crippen LogP contribution in [0.25, 0.3) is 0 Å². The number of aromatic nitrogens is 3. The van der Waals surface area contributed by atoms with Crippen molar-refractivity contribution < 1.29 is 14.7 Å². The lowest BCUT2D eigenvalue weighted by molar-refractivity contribution is -0.142. The van der Waals surface area contributed by atoms with Crippen LogP contribution in [0, 0.1) is 11.8 Å². The standard InChI is InChI=1S/C8H11N5O3S/c1-4-2-13(3-5(4)6(14)15)8(16)9-7-10-11-12-17-7/h4-5H,2-3H2,1H3,(H,14,15)(H,9,10,12,16)/t4-,5-/m1/s1. The van der Waals surface area contributed by atoms with E-state index in [0.717, 1.165) is 11.5 Å². The molecule has 92 valence electrons. The molecule has 1 saturated heterocycles. The number of carboxylic acid groups (broad SMARTS) is 1. The van der Waals surface area contributed by atoms with Crippen molar-refractivity contribution in [3.8, 4) is 0 Å². The fraction of sp³-hybridized carbons (Fsp3) is 0.625. The minimum absolute atomic E-state index is 0.0502. The van der Waals surface area contributed by atoms with Gasteiger partial charge >= 0.3 is 12.0 Å². The Bertz CT molecular complexity index is 423. The van der Waals surface area contributed by atoms with E-state index >= 15 is 0 Å². The van der Waals surface area contributed by atoms with E-state index in [1.165, 1.54) is 4.90 Å². The van der Waals surface area contributed by atoms with Crippen LogP contribution in [0.1, 0.15) is 6.92 Å². The van der Waals surface area contributed by atoms with Gasteiger partial charge in [0.15, 0.2) is 0 Å². The molecule has 1 fully saturated rings. The summed E-state index contributed by atoms with van der Waals surface area (Å²) in [5.74, 6) is -1.43. The van der Waals surface area contributed by atoms with Crippen LogP contribution in [-0.4, -0.2) is 49.9 Å². The van der Waals surface area contributed by atoms with Crippen LogP contribution in [0.4, 0.5) is 9.93 Å². The number of amides is 2. The molecule has 0 unspecified atom stereocenters. The molecule has 1 aliphatic heterocycles. The molecule has 1 aromatic rings. The van der Waals surface area contributed by atoms with Gasteiger partial charge in [-0.25, -0.2) is 4.79 Å². The van der Waals surface area contributed by atoms with Crippen molar-refractivity contribution >= 4 is 28.7 Å². The molecule has 9 heteroatoms. The Morgan fingerprint density at radius 2 is 2.29 bits per heavy atom. The van der Waals surface area contributed by atoms with Gasteiger partial charge in [-0.1, -0.05) is 16.5 Å². The van der Waals surface area contributed by atoms with Gasteiger partial charge in [-0.15, -0.1) is 0 Å². The largest absolute Gasteiger partial charge is 0.481 e. The third-order valence-corrected chi connectivity index (χ3v) is 3.24. The summed E-state index contributed by atoms with van der Waals surface area (Å²) in [4.78, 5) is 24.1. The first-order valence-electron chi connectivity index (χ1n) is 5.01. The molecule has 1 aliphatic rings. The van der Waals surface area contributed by atoms with Crippen LogP contribution in [0.15, 0.2) is 0 Å². The summed E-state index contributed by atoms with van der Waals surface area (Å²) in [6, 6.07) is -0.362. The van der Waals surface area contributed by atoms with Gasteiger partial charge < -0.3 is 10.0 Å². The molecule has 0 saturated carbocycles. The Kier molecular flexibility index (Phi) is 3.18. The molecule has 0 bridgehead atoms. The zero-order valence-electron chi connectivity index (χ0n) is 9.03. The van der Waals surface area contributed by atoms with Gasteiger partial charge in [-0.3, -0.25) is 10.1 Å². The van der Waals surface area contributed by atoms with Gasteiger partial charge in [0.05, 0.1) is 5.92 Å². The van der Waals surface area contributed by atoms with Crippen molar-refractivity contribution in [1.29, 1.82) is 0 Å². The van der Waals surface area contributed by atoms with Gasteiger partial charge in [0, 0.05) is 24.6 Å². The van der Waals surface area contributed by atoms with Crippen LogP contribution >= 0.6 is 11.5 Å². The molecule has 17 heavy (non-hydrogen) atoms. The van der Waals surface area contributed by atoms with Crippen molar-refractivity contribution in [3.63, 3.8) is 0 Å². The second-order valence-corrected chi connectivity index (χ2v) is 4.66. The summed E-state index contributed by atoms with van der Waals surface area (Å²) in [6.45, 7) is 2.46. The second-order valence-electron chi connectivity index (χ2n) is 3.92. The summed E-state index contributed by atoms with van der Waals surface area (Å²) in [5, 5.41) is 18.7.